The summed E-state index contributed by atoms with van der Waals surface area (Å²) in [6.07, 6.45) is -0.791. The maximum Gasteiger partial charge on any atom is 0.332 e. The first kappa shape index (κ1) is 15.3. The van der Waals surface area contributed by atoms with E-state index < -0.39 is 18.2 Å². The number of carboxylic acid groups (broad SMARTS) is 1. The molecule has 114 valence electrons. The minimum atomic E-state index is -1.02. The quantitative estimate of drug-likeness (QED) is 0.859. The summed E-state index contributed by atoms with van der Waals surface area (Å²) in [5.74, 6) is -0.586. The Morgan fingerprint density at radius 3 is 2.71 bits per heavy atom. The zero-order chi connectivity index (χ0) is 15.4. The van der Waals surface area contributed by atoms with Crippen LogP contribution in [0.4, 0.5) is 0 Å². The van der Waals surface area contributed by atoms with E-state index in [4.69, 9.17) is 14.6 Å². The van der Waals surface area contributed by atoms with E-state index >= 15 is 0 Å². The Labute approximate surface area is 123 Å². The van der Waals surface area contributed by atoms with Crippen molar-refractivity contribution in [3.05, 3.63) is 29.8 Å². The van der Waals surface area contributed by atoms with Gasteiger partial charge in [0.05, 0.1) is 13.2 Å². The van der Waals surface area contributed by atoms with Gasteiger partial charge in [-0.1, -0.05) is 12.1 Å². The number of hydrogen-bond acceptors (Lipinski definition) is 4. The maximum atomic E-state index is 12.1. The standard InChI is InChI=1S/C15H19NO5/c1-9(10-4-3-5-11(8-10)20-2)16-14(17)12-6-7-13(21-12)15(18)19/h3-5,8-9,12-13H,6-7H2,1-2H3,(H,16,17)(H,18,19)/t9-,12+,13-/m1/s1. The van der Waals surface area contributed by atoms with Crippen LogP contribution in [0.2, 0.25) is 0 Å². The van der Waals surface area contributed by atoms with Crippen LogP contribution in [0.3, 0.4) is 0 Å². The van der Waals surface area contributed by atoms with Crippen molar-refractivity contribution >= 4 is 11.9 Å². The van der Waals surface area contributed by atoms with Crippen LogP contribution in [-0.4, -0.2) is 36.3 Å². The van der Waals surface area contributed by atoms with Crippen LogP contribution in [0.1, 0.15) is 31.4 Å². The summed E-state index contributed by atoms with van der Waals surface area (Å²) in [6.45, 7) is 1.86. The lowest BCUT2D eigenvalue weighted by atomic mass is 10.1. The lowest BCUT2D eigenvalue weighted by Crippen LogP contribution is -2.37. The molecule has 0 spiro atoms. The summed E-state index contributed by atoms with van der Waals surface area (Å²) in [5, 5.41) is 11.7. The zero-order valence-electron chi connectivity index (χ0n) is 12.0. The van der Waals surface area contributed by atoms with Gasteiger partial charge < -0.3 is 19.9 Å². The number of carboxylic acids is 1. The minimum absolute atomic E-state index is 0.208. The average molecular weight is 293 g/mol. The van der Waals surface area contributed by atoms with Crippen LogP contribution >= 0.6 is 0 Å². The number of ether oxygens (including phenoxy) is 2. The van der Waals surface area contributed by atoms with E-state index in [1.165, 1.54) is 0 Å². The third-order valence-corrected chi connectivity index (χ3v) is 3.54. The fourth-order valence-corrected chi connectivity index (χ4v) is 2.31. The second kappa shape index (κ2) is 6.58. The lowest BCUT2D eigenvalue weighted by molar-refractivity contribution is -0.151. The molecule has 2 N–H and O–H groups in total. The summed E-state index contributed by atoms with van der Waals surface area (Å²) in [7, 11) is 1.58. The first-order valence-electron chi connectivity index (χ1n) is 6.84. The van der Waals surface area contributed by atoms with E-state index in [-0.39, 0.29) is 11.9 Å². The molecule has 1 aliphatic heterocycles. The van der Waals surface area contributed by atoms with Crippen LogP contribution in [0.15, 0.2) is 24.3 Å². The Kier molecular flexibility index (Phi) is 4.80. The largest absolute Gasteiger partial charge is 0.497 e. The van der Waals surface area contributed by atoms with Gasteiger partial charge in [0.1, 0.15) is 11.9 Å². The first-order valence-corrected chi connectivity index (χ1v) is 6.84. The monoisotopic (exact) mass is 293 g/mol. The van der Waals surface area contributed by atoms with Gasteiger partial charge in [0.15, 0.2) is 6.10 Å². The third kappa shape index (κ3) is 3.72. The van der Waals surface area contributed by atoms with Crippen LogP contribution < -0.4 is 10.1 Å². The molecular formula is C15H19NO5. The molecule has 1 heterocycles. The van der Waals surface area contributed by atoms with Crippen molar-refractivity contribution in [1.29, 1.82) is 0 Å². The fraction of sp³-hybridized carbons (Fsp3) is 0.467. The van der Waals surface area contributed by atoms with Crippen molar-refractivity contribution in [2.75, 3.05) is 7.11 Å². The first-order chi connectivity index (χ1) is 10.0. The van der Waals surface area contributed by atoms with Crippen molar-refractivity contribution in [1.82, 2.24) is 5.32 Å². The molecule has 1 fully saturated rings. The predicted octanol–water partition coefficient (Wildman–Crippen LogP) is 1.50. The average Bonchev–Trinajstić information content (AvgIpc) is 2.97. The van der Waals surface area contributed by atoms with E-state index in [9.17, 15) is 9.59 Å². The highest BCUT2D eigenvalue weighted by atomic mass is 16.5. The number of rotatable bonds is 5. The summed E-state index contributed by atoms with van der Waals surface area (Å²) in [5.41, 5.74) is 0.912. The molecule has 1 aromatic carbocycles. The Morgan fingerprint density at radius 2 is 2.10 bits per heavy atom. The maximum absolute atomic E-state index is 12.1. The van der Waals surface area contributed by atoms with Gasteiger partial charge in [0.25, 0.3) is 0 Å². The van der Waals surface area contributed by atoms with Crippen molar-refractivity contribution < 1.29 is 24.2 Å². The highest BCUT2D eigenvalue weighted by Gasteiger charge is 2.35. The number of nitrogens with one attached hydrogen (secondary N) is 1. The topological polar surface area (TPSA) is 84.9 Å². The van der Waals surface area contributed by atoms with Gasteiger partial charge in [-0.2, -0.15) is 0 Å². The van der Waals surface area contributed by atoms with Crippen LogP contribution in [0.5, 0.6) is 5.75 Å². The van der Waals surface area contributed by atoms with Gasteiger partial charge in [0, 0.05) is 0 Å². The molecule has 0 unspecified atom stereocenters. The highest BCUT2D eigenvalue weighted by molar-refractivity contribution is 5.83. The summed E-state index contributed by atoms with van der Waals surface area (Å²) in [4.78, 5) is 22.9. The van der Waals surface area contributed by atoms with Gasteiger partial charge in [-0.15, -0.1) is 0 Å². The Balaban J connectivity index is 1.94. The number of carbonyl (C=O) groups is 2. The van der Waals surface area contributed by atoms with Crippen molar-refractivity contribution in [3.8, 4) is 5.75 Å². The zero-order valence-corrected chi connectivity index (χ0v) is 12.0. The molecule has 6 heteroatoms. The summed E-state index contributed by atoms with van der Waals surface area (Å²) < 4.78 is 10.4. The fourth-order valence-electron chi connectivity index (χ4n) is 2.31. The molecule has 1 amide bonds. The minimum Gasteiger partial charge on any atom is -0.497 e. The van der Waals surface area contributed by atoms with Crippen LogP contribution in [0, 0.1) is 0 Å². The molecular weight excluding hydrogens is 274 g/mol. The van der Waals surface area contributed by atoms with Gasteiger partial charge in [-0.05, 0) is 37.5 Å². The molecule has 21 heavy (non-hydrogen) atoms. The normalized spacial score (nSPS) is 22.6. The molecule has 1 saturated heterocycles. The molecule has 0 saturated carbocycles. The number of aliphatic carboxylic acids is 1. The van der Waals surface area contributed by atoms with Gasteiger partial charge in [-0.25, -0.2) is 4.79 Å². The number of benzene rings is 1. The molecule has 0 radical (unpaired) electrons. The molecule has 0 bridgehead atoms. The Hall–Kier alpha value is -2.08. The van der Waals surface area contributed by atoms with Gasteiger partial charge in [0.2, 0.25) is 5.91 Å². The molecule has 1 aliphatic rings. The number of carbonyl (C=O) groups excluding carboxylic acids is 1. The smallest absolute Gasteiger partial charge is 0.332 e. The lowest BCUT2D eigenvalue weighted by Gasteiger charge is -2.18. The molecule has 3 atom stereocenters. The Bertz CT molecular complexity index is 531. The summed E-state index contributed by atoms with van der Waals surface area (Å²) in [6, 6.07) is 7.21. The van der Waals surface area contributed by atoms with E-state index in [1.807, 2.05) is 31.2 Å². The number of hydrogen-bond donors (Lipinski definition) is 2. The molecule has 0 aromatic heterocycles. The molecule has 0 aliphatic carbocycles. The van der Waals surface area contributed by atoms with Crippen LogP contribution in [-0.2, 0) is 14.3 Å². The van der Waals surface area contributed by atoms with Crippen molar-refractivity contribution in [2.24, 2.45) is 0 Å². The number of amides is 1. The summed E-state index contributed by atoms with van der Waals surface area (Å²) >= 11 is 0. The van der Waals surface area contributed by atoms with E-state index in [0.29, 0.717) is 12.8 Å². The molecule has 1 aromatic rings. The SMILES string of the molecule is COc1cccc([C@@H](C)NC(=O)[C@@H]2CC[C@H](C(=O)O)O2)c1. The van der Waals surface area contributed by atoms with E-state index in [1.54, 1.807) is 7.11 Å². The van der Waals surface area contributed by atoms with E-state index in [2.05, 4.69) is 5.32 Å². The van der Waals surface area contributed by atoms with Crippen molar-refractivity contribution in [2.45, 2.75) is 38.0 Å². The van der Waals surface area contributed by atoms with E-state index in [0.717, 1.165) is 11.3 Å². The van der Waals surface area contributed by atoms with Gasteiger partial charge in [-0.3, -0.25) is 4.79 Å². The highest BCUT2D eigenvalue weighted by Crippen LogP contribution is 2.22. The van der Waals surface area contributed by atoms with Crippen molar-refractivity contribution in [3.63, 3.8) is 0 Å². The third-order valence-electron chi connectivity index (χ3n) is 3.54. The predicted molar refractivity (Wildman–Crippen MR) is 75.1 cm³/mol. The molecule has 2 rings (SSSR count). The Morgan fingerprint density at radius 1 is 1.38 bits per heavy atom. The second-order valence-electron chi connectivity index (χ2n) is 5.04. The second-order valence-corrected chi connectivity index (χ2v) is 5.04. The molecule has 6 nitrogen and oxygen atoms in total. The van der Waals surface area contributed by atoms with Gasteiger partial charge >= 0.3 is 5.97 Å². The van der Waals surface area contributed by atoms with Crippen LogP contribution in [0.25, 0.3) is 0 Å². The number of methoxy groups -OCH3 is 1.